The Morgan fingerprint density at radius 1 is 1.06 bits per heavy atom. The van der Waals surface area contributed by atoms with Crippen molar-refractivity contribution in [2.75, 3.05) is 0 Å². The number of ketones is 2. The summed E-state index contributed by atoms with van der Waals surface area (Å²) in [7, 11) is 0. The molecule has 0 spiro atoms. The van der Waals surface area contributed by atoms with Crippen LogP contribution in [0.2, 0.25) is 0 Å². The molecule has 2 aliphatic carbocycles. The van der Waals surface area contributed by atoms with Crippen molar-refractivity contribution < 1.29 is 9.59 Å². The highest BCUT2D eigenvalue weighted by molar-refractivity contribution is 6.49. The number of nitrogens with one attached hydrogen (secondary N) is 1. The number of Topliss-reactive ketones (excluding diaryl/α,β-unsaturated/α-hetero) is 2. The van der Waals surface area contributed by atoms with Gasteiger partial charge in [-0.2, -0.15) is 0 Å². The summed E-state index contributed by atoms with van der Waals surface area (Å²) in [6.07, 6.45) is 2.05. The summed E-state index contributed by atoms with van der Waals surface area (Å²) >= 11 is 5.97. The van der Waals surface area contributed by atoms with Gasteiger partial charge in [0, 0.05) is 17.2 Å². The third kappa shape index (κ3) is 1.67. The van der Waals surface area contributed by atoms with Crippen molar-refractivity contribution in [1.82, 2.24) is 5.32 Å². The molecule has 0 radical (unpaired) electrons. The predicted octanol–water partition coefficient (Wildman–Crippen LogP) is 2.27. The molecule has 0 unspecified atom stereocenters. The second-order valence-electron chi connectivity index (χ2n) is 4.31. The fraction of sp³-hybridized carbons (Fsp3) is 0.231. The molecule has 1 aromatic rings. The van der Waals surface area contributed by atoms with Gasteiger partial charge in [0.15, 0.2) is 0 Å². The summed E-state index contributed by atoms with van der Waals surface area (Å²) in [5.74, 6) is -0.456. The Kier molecular flexibility index (Phi) is 2.30. The third-order valence-electron chi connectivity index (χ3n) is 2.99. The molecule has 3 nitrogen and oxygen atoms in total. The summed E-state index contributed by atoms with van der Waals surface area (Å²) in [6.45, 7) is 0. The number of fused-ring (bicyclic) bond motifs is 1. The van der Waals surface area contributed by atoms with Crippen molar-refractivity contribution in [3.63, 3.8) is 0 Å². The van der Waals surface area contributed by atoms with Crippen LogP contribution < -0.4 is 5.32 Å². The fourth-order valence-corrected chi connectivity index (χ4v) is 2.15. The second kappa shape index (κ2) is 3.70. The summed E-state index contributed by atoms with van der Waals surface area (Å²) in [5.41, 5.74) is 1.09. The molecule has 1 aromatic carbocycles. The summed E-state index contributed by atoms with van der Waals surface area (Å²) in [6, 6.07) is 7.06. The van der Waals surface area contributed by atoms with E-state index >= 15 is 0 Å². The van der Waals surface area contributed by atoms with Crippen molar-refractivity contribution >= 4 is 23.2 Å². The maximum Gasteiger partial charge on any atom is 0.211 e. The van der Waals surface area contributed by atoms with Gasteiger partial charge in [-0.1, -0.05) is 35.9 Å². The van der Waals surface area contributed by atoms with Crippen molar-refractivity contribution in [2.45, 2.75) is 18.9 Å². The first kappa shape index (κ1) is 10.5. The Bertz CT molecular complexity index is 558. The van der Waals surface area contributed by atoms with E-state index in [1.165, 1.54) is 0 Å². The highest BCUT2D eigenvalue weighted by Crippen LogP contribution is 2.30. The van der Waals surface area contributed by atoms with E-state index in [9.17, 15) is 9.59 Å². The lowest BCUT2D eigenvalue weighted by Gasteiger charge is -2.18. The first-order valence-corrected chi connectivity index (χ1v) is 5.91. The van der Waals surface area contributed by atoms with E-state index in [2.05, 4.69) is 5.32 Å². The molecule has 4 heteroatoms. The average molecular weight is 248 g/mol. The van der Waals surface area contributed by atoms with Crippen molar-refractivity contribution in [3.05, 3.63) is 46.1 Å². The van der Waals surface area contributed by atoms with Crippen LogP contribution in [0.4, 0.5) is 0 Å². The van der Waals surface area contributed by atoms with Gasteiger partial charge in [0.25, 0.3) is 0 Å². The Hall–Kier alpha value is -1.61. The van der Waals surface area contributed by atoms with Crippen LogP contribution in [0.3, 0.4) is 0 Å². The largest absolute Gasteiger partial charge is 0.378 e. The van der Waals surface area contributed by atoms with E-state index in [1.54, 1.807) is 24.3 Å². The van der Waals surface area contributed by atoms with Crippen molar-refractivity contribution in [1.29, 1.82) is 0 Å². The van der Waals surface area contributed by atoms with Crippen LogP contribution >= 0.6 is 11.6 Å². The van der Waals surface area contributed by atoms with Gasteiger partial charge in [-0.3, -0.25) is 9.59 Å². The van der Waals surface area contributed by atoms with Crippen molar-refractivity contribution in [2.24, 2.45) is 0 Å². The van der Waals surface area contributed by atoms with Crippen LogP contribution in [0.1, 0.15) is 33.6 Å². The molecular weight excluding hydrogens is 238 g/mol. The number of rotatable bonds is 2. The molecule has 0 aliphatic heterocycles. The van der Waals surface area contributed by atoms with Crippen LogP contribution in [-0.2, 0) is 0 Å². The minimum atomic E-state index is -0.273. The maximum atomic E-state index is 12.2. The van der Waals surface area contributed by atoms with Crippen LogP contribution in [0.5, 0.6) is 0 Å². The molecule has 1 N–H and O–H groups in total. The highest BCUT2D eigenvalue weighted by Gasteiger charge is 2.34. The number of carbonyl (C=O) groups is 2. The van der Waals surface area contributed by atoms with Gasteiger partial charge in [0.1, 0.15) is 10.7 Å². The SMILES string of the molecule is O=C1C(Cl)=C(NC2CC2)C(=O)c2ccccc21. The lowest BCUT2D eigenvalue weighted by Crippen LogP contribution is -2.30. The maximum absolute atomic E-state index is 12.2. The lowest BCUT2D eigenvalue weighted by molar-refractivity contribution is 0.0974. The number of halogens is 1. The molecule has 86 valence electrons. The van der Waals surface area contributed by atoms with E-state index in [4.69, 9.17) is 11.6 Å². The minimum absolute atomic E-state index is 0.0144. The Morgan fingerprint density at radius 2 is 1.65 bits per heavy atom. The van der Waals surface area contributed by atoms with Crippen LogP contribution in [0.15, 0.2) is 35.0 Å². The smallest absolute Gasteiger partial charge is 0.211 e. The number of benzene rings is 1. The third-order valence-corrected chi connectivity index (χ3v) is 3.35. The monoisotopic (exact) mass is 247 g/mol. The Morgan fingerprint density at radius 3 is 2.24 bits per heavy atom. The van der Waals surface area contributed by atoms with Crippen LogP contribution in [-0.4, -0.2) is 17.6 Å². The average Bonchev–Trinajstić information content (AvgIpc) is 3.16. The normalized spacial score (nSPS) is 19.4. The molecule has 0 atom stereocenters. The number of allylic oxidation sites excluding steroid dienone is 2. The minimum Gasteiger partial charge on any atom is -0.378 e. The zero-order valence-electron chi connectivity index (χ0n) is 9.00. The topological polar surface area (TPSA) is 46.2 Å². The van der Waals surface area contributed by atoms with Gasteiger partial charge < -0.3 is 5.32 Å². The zero-order valence-corrected chi connectivity index (χ0v) is 9.75. The number of hydrogen-bond acceptors (Lipinski definition) is 3. The lowest BCUT2D eigenvalue weighted by atomic mass is 9.92. The Balaban J connectivity index is 2.08. The summed E-state index contributed by atoms with van der Waals surface area (Å²) < 4.78 is 0. The van der Waals surface area contributed by atoms with Crippen LogP contribution in [0, 0.1) is 0 Å². The van der Waals surface area contributed by atoms with E-state index < -0.39 is 0 Å². The first-order chi connectivity index (χ1) is 8.18. The van der Waals surface area contributed by atoms with E-state index in [1.807, 2.05) is 0 Å². The molecule has 3 rings (SSSR count). The van der Waals surface area contributed by atoms with Gasteiger partial charge in [0.05, 0.1) is 0 Å². The quantitative estimate of drug-likeness (QED) is 0.872. The molecule has 0 amide bonds. The van der Waals surface area contributed by atoms with Gasteiger partial charge in [-0.25, -0.2) is 0 Å². The van der Waals surface area contributed by atoms with Gasteiger partial charge in [-0.05, 0) is 12.8 Å². The van der Waals surface area contributed by atoms with Crippen molar-refractivity contribution in [3.8, 4) is 0 Å². The zero-order chi connectivity index (χ0) is 12.0. The molecule has 17 heavy (non-hydrogen) atoms. The second-order valence-corrected chi connectivity index (χ2v) is 4.69. The molecule has 0 heterocycles. The number of hydrogen-bond donors (Lipinski definition) is 1. The first-order valence-electron chi connectivity index (χ1n) is 5.53. The summed E-state index contributed by atoms with van der Waals surface area (Å²) in [4.78, 5) is 24.2. The van der Waals surface area contributed by atoms with Gasteiger partial charge in [0.2, 0.25) is 11.6 Å². The molecule has 1 saturated carbocycles. The summed E-state index contributed by atoms with van der Waals surface area (Å²) in [5, 5.41) is 3.06. The van der Waals surface area contributed by atoms with Gasteiger partial charge >= 0.3 is 0 Å². The molecule has 0 bridgehead atoms. The Labute approximate surface area is 103 Å². The van der Waals surface area contributed by atoms with E-state index in [0.29, 0.717) is 17.2 Å². The highest BCUT2D eigenvalue weighted by atomic mass is 35.5. The number of carbonyl (C=O) groups excluding carboxylic acids is 2. The molecular formula is C13H10ClNO2. The van der Waals surface area contributed by atoms with E-state index in [0.717, 1.165) is 12.8 Å². The van der Waals surface area contributed by atoms with Crippen LogP contribution in [0.25, 0.3) is 0 Å². The predicted molar refractivity (Wildman–Crippen MR) is 64.1 cm³/mol. The molecule has 0 saturated heterocycles. The van der Waals surface area contributed by atoms with Gasteiger partial charge in [-0.15, -0.1) is 0 Å². The molecule has 1 fully saturated rings. The van der Waals surface area contributed by atoms with E-state index in [-0.39, 0.29) is 22.3 Å². The fourth-order valence-electron chi connectivity index (χ4n) is 1.91. The molecule has 2 aliphatic rings. The standard InChI is InChI=1S/C13H10ClNO2/c14-10-11(15-7-5-6-7)13(17)9-4-2-1-3-8(9)12(10)16/h1-4,7,15H,5-6H2. The molecule has 0 aromatic heterocycles.